The van der Waals surface area contributed by atoms with Gasteiger partial charge in [0.2, 0.25) is 0 Å². The van der Waals surface area contributed by atoms with Gasteiger partial charge in [0.05, 0.1) is 0 Å². The fraction of sp³-hybridized carbons (Fsp3) is 1.00. The monoisotopic (exact) mass is 255 g/mol. The van der Waals surface area contributed by atoms with Crippen molar-refractivity contribution in [1.29, 1.82) is 0 Å². The van der Waals surface area contributed by atoms with Crippen LogP contribution in [-0.4, -0.2) is 50.7 Å². The third kappa shape index (κ3) is 7.34. The Kier molecular flexibility index (Phi) is 7.87. The molecule has 3 heteroatoms. The number of unbranched alkanes of at least 4 members (excludes halogenated alkanes) is 1. The Balaban J connectivity index is 1.92. The molecule has 108 valence electrons. The second-order valence-corrected chi connectivity index (χ2v) is 6.39. The zero-order valence-corrected chi connectivity index (χ0v) is 12.7. The molecule has 0 radical (unpaired) electrons. The van der Waals surface area contributed by atoms with Crippen molar-refractivity contribution < 1.29 is 0 Å². The van der Waals surface area contributed by atoms with E-state index in [4.69, 9.17) is 0 Å². The zero-order valence-electron chi connectivity index (χ0n) is 12.7. The summed E-state index contributed by atoms with van der Waals surface area (Å²) in [6, 6.07) is 0. The van der Waals surface area contributed by atoms with Gasteiger partial charge in [-0.15, -0.1) is 0 Å². The van der Waals surface area contributed by atoms with E-state index >= 15 is 0 Å². The molecule has 1 heterocycles. The van der Waals surface area contributed by atoms with Crippen LogP contribution in [0.3, 0.4) is 0 Å². The quantitative estimate of drug-likeness (QED) is 0.618. The highest BCUT2D eigenvalue weighted by molar-refractivity contribution is 4.71. The summed E-state index contributed by atoms with van der Waals surface area (Å²) in [6.45, 7) is 15.4. The molecule has 0 aromatic rings. The van der Waals surface area contributed by atoms with Gasteiger partial charge < -0.3 is 15.5 Å². The van der Waals surface area contributed by atoms with Gasteiger partial charge in [-0.1, -0.05) is 27.2 Å². The summed E-state index contributed by atoms with van der Waals surface area (Å²) in [5.41, 5.74) is 0.466. The van der Waals surface area contributed by atoms with Crippen LogP contribution in [0.25, 0.3) is 0 Å². The lowest BCUT2D eigenvalue weighted by atomic mass is 9.88. The van der Waals surface area contributed by atoms with Crippen LogP contribution < -0.4 is 10.6 Å². The maximum absolute atomic E-state index is 3.62. The predicted octanol–water partition coefficient (Wildman–Crippen LogP) is 2.09. The standard InChI is InChI=1S/C15H33N3/c1-4-7-15(2,3)14-17-8-5-6-11-18-12-9-16-10-13-18/h16-17H,4-14H2,1-3H3. The number of piperazine rings is 1. The van der Waals surface area contributed by atoms with E-state index in [-0.39, 0.29) is 0 Å². The van der Waals surface area contributed by atoms with Crippen LogP contribution in [0, 0.1) is 5.41 Å². The van der Waals surface area contributed by atoms with E-state index in [1.807, 2.05) is 0 Å². The van der Waals surface area contributed by atoms with E-state index in [0.29, 0.717) is 5.41 Å². The number of hydrogen-bond donors (Lipinski definition) is 2. The molecule has 0 aromatic carbocycles. The Labute approximate surface area is 114 Å². The molecule has 0 unspecified atom stereocenters. The molecule has 0 bridgehead atoms. The summed E-state index contributed by atoms with van der Waals surface area (Å²) in [7, 11) is 0. The fourth-order valence-corrected chi connectivity index (χ4v) is 2.71. The second-order valence-electron chi connectivity index (χ2n) is 6.39. The van der Waals surface area contributed by atoms with Gasteiger partial charge >= 0.3 is 0 Å². The van der Waals surface area contributed by atoms with Crippen molar-refractivity contribution in [3.8, 4) is 0 Å². The molecule has 18 heavy (non-hydrogen) atoms. The van der Waals surface area contributed by atoms with Crippen LogP contribution in [0.4, 0.5) is 0 Å². The lowest BCUT2D eigenvalue weighted by Crippen LogP contribution is -2.43. The number of nitrogens with zero attached hydrogens (tertiary/aromatic N) is 1. The molecule has 1 saturated heterocycles. The molecule has 0 atom stereocenters. The Morgan fingerprint density at radius 3 is 2.56 bits per heavy atom. The number of hydrogen-bond acceptors (Lipinski definition) is 3. The molecule has 1 fully saturated rings. The number of nitrogens with one attached hydrogen (secondary N) is 2. The molecule has 0 saturated carbocycles. The van der Waals surface area contributed by atoms with Gasteiger partial charge in [0, 0.05) is 32.7 Å². The van der Waals surface area contributed by atoms with E-state index in [9.17, 15) is 0 Å². The maximum atomic E-state index is 3.62. The lowest BCUT2D eigenvalue weighted by molar-refractivity contribution is 0.235. The van der Waals surface area contributed by atoms with E-state index in [2.05, 4.69) is 36.3 Å². The van der Waals surface area contributed by atoms with Crippen molar-refractivity contribution in [3.05, 3.63) is 0 Å². The molecule has 0 aliphatic carbocycles. The Hall–Kier alpha value is -0.120. The predicted molar refractivity (Wildman–Crippen MR) is 80.1 cm³/mol. The first kappa shape index (κ1) is 15.9. The average Bonchev–Trinajstić information content (AvgIpc) is 2.35. The highest BCUT2D eigenvalue weighted by Gasteiger charge is 2.15. The number of rotatable bonds is 9. The molecule has 2 N–H and O–H groups in total. The maximum Gasteiger partial charge on any atom is 0.0107 e. The summed E-state index contributed by atoms with van der Waals surface area (Å²) < 4.78 is 0. The molecule has 0 spiro atoms. The van der Waals surface area contributed by atoms with Crippen molar-refractivity contribution in [2.75, 3.05) is 45.8 Å². The van der Waals surface area contributed by atoms with Crippen molar-refractivity contribution in [2.45, 2.75) is 46.5 Å². The third-order valence-electron chi connectivity index (χ3n) is 3.82. The smallest absolute Gasteiger partial charge is 0.0107 e. The van der Waals surface area contributed by atoms with Crippen LogP contribution in [0.5, 0.6) is 0 Å². The summed E-state index contributed by atoms with van der Waals surface area (Å²) in [4.78, 5) is 2.58. The van der Waals surface area contributed by atoms with E-state index in [1.54, 1.807) is 0 Å². The second kappa shape index (κ2) is 8.89. The highest BCUT2D eigenvalue weighted by atomic mass is 15.2. The molecule has 0 amide bonds. The Morgan fingerprint density at radius 1 is 1.17 bits per heavy atom. The minimum atomic E-state index is 0.466. The summed E-state index contributed by atoms with van der Waals surface area (Å²) in [5, 5.41) is 7.02. The van der Waals surface area contributed by atoms with Gasteiger partial charge in [-0.2, -0.15) is 0 Å². The molecular formula is C15H33N3. The Bertz CT molecular complexity index is 198. The average molecular weight is 255 g/mol. The van der Waals surface area contributed by atoms with E-state index in [0.717, 1.165) is 6.54 Å². The van der Waals surface area contributed by atoms with Gasteiger partial charge in [0.1, 0.15) is 0 Å². The van der Waals surface area contributed by atoms with Crippen LogP contribution in [0.15, 0.2) is 0 Å². The van der Waals surface area contributed by atoms with Gasteiger partial charge in [0.25, 0.3) is 0 Å². The van der Waals surface area contributed by atoms with Gasteiger partial charge in [0.15, 0.2) is 0 Å². The van der Waals surface area contributed by atoms with Crippen molar-refractivity contribution >= 4 is 0 Å². The first-order chi connectivity index (χ1) is 8.64. The molecule has 3 nitrogen and oxygen atoms in total. The lowest BCUT2D eigenvalue weighted by Gasteiger charge is -2.27. The first-order valence-corrected chi connectivity index (χ1v) is 7.78. The third-order valence-corrected chi connectivity index (χ3v) is 3.82. The molecule has 1 aliphatic heterocycles. The molecule has 0 aromatic heterocycles. The van der Waals surface area contributed by atoms with Gasteiger partial charge in [-0.25, -0.2) is 0 Å². The van der Waals surface area contributed by atoms with E-state index < -0.39 is 0 Å². The minimum absolute atomic E-state index is 0.466. The summed E-state index contributed by atoms with van der Waals surface area (Å²) in [5.74, 6) is 0. The summed E-state index contributed by atoms with van der Waals surface area (Å²) in [6.07, 6.45) is 5.26. The zero-order chi connectivity index (χ0) is 13.3. The minimum Gasteiger partial charge on any atom is -0.316 e. The van der Waals surface area contributed by atoms with Crippen molar-refractivity contribution in [2.24, 2.45) is 5.41 Å². The SMILES string of the molecule is CCCC(C)(C)CNCCCCN1CCNCC1. The van der Waals surface area contributed by atoms with Crippen molar-refractivity contribution in [1.82, 2.24) is 15.5 Å². The Morgan fingerprint density at radius 2 is 1.89 bits per heavy atom. The van der Waals surface area contributed by atoms with E-state index in [1.165, 1.54) is 65.0 Å². The van der Waals surface area contributed by atoms with Crippen molar-refractivity contribution in [3.63, 3.8) is 0 Å². The highest BCUT2D eigenvalue weighted by Crippen LogP contribution is 2.20. The fourth-order valence-electron chi connectivity index (χ4n) is 2.71. The van der Waals surface area contributed by atoms with Gasteiger partial charge in [-0.3, -0.25) is 0 Å². The molecular weight excluding hydrogens is 222 g/mol. The molecule has 1 aliphatic rings. The largest absolute Gasteiger partial charge is 0.316 e. The molecule has 1 rings (SSSR count). The van der Waals surface area contributed by atoms with Crippen LogP contribution in [-0.2, 0) is 0 Å². The van der Waals surface area contributed by atoms with Crippen LogP contribution in [0.1, 0.15) is 46.5 Å². The summed E-state index contributed by atoms with van der Waals surface area (Å²) >= 11 is 0. The first-order valence-electron chi connectivity index (χ1n) is 7.78. The van der Waals surface area contributed by atoms with Crippen LogP contribution >= 0.6 is 0 Å². The van der Waals surface area contributed by atoms with Crippen LogP contribution in [0.2, 0.25) is 0 Å². The normalized spacial score (nSPS) is 18.2. The topological polar surface area (TPSA) is 27.3 Å². The van der Waals surface area contributed by atoms with Gasteiger partial charge in [-0.05, 0) is 37.8 Å².